The molecule has 0 aliphatic rings. The summed E-state index contributed by atoms with van der Waals surface area (Å²) >= 11 is 0. The number of amides is 6. The molecule has 3 aromatic heterocycles. The standard InChI is InChI=1S/C61H55N9O12/c71-52(25-37-31-62-46-10-4-1-7-43(37)46)68-49(28-55(74)75)59(80)65-40-19-13-34(14-20-40)58(35-15-21-41(22-16-35)66-60(81)50(29-56(76)77)69-53(72)26-38-32-63-47-11-5-2-8-44(38)47)36-17-23-42(24-18-36)67-61(82)51(30-57(78)79)70-54(73)27-39-33-64-48-12-6-3-9-45(39)48/h1-24,31-33,49-51,58,62-64H,25-30H2,(H,65,80)(H,66,81)(H,67,82)(H,68,71)(H,69,72)(H,70,73)(H,74,75)(H,76,77)(H,78,79)/t49-,50-,51-/m0/s1. The number of fused-ring (bicyclic) bond motifs is 3. The lowest BCUT2D eigenvalue weighted by Gasteiger charge is -2.22. The molecule has 3 heterocycles. The lowest BCUT2D eigenvalue weighted by Crippen LogP contribution is -2.45. The molecule has 0 fully saturated rings. The number of carboxylic acids is 3. The van der Waals surface area contributed by atoms with Crippen LogP contribution in [0.15, 0.2) is 164 Å². The average molecular weight is 1110 g/mol. The Bertz CT molecular complexity index is 3470. The third-order valence-corrected chi connectivity index (χ3v) is 13.7. The normalized spacial score (nSPS) is 12.3. The molecule has 0 aliphatic carbocycles. The van der Waals surface area contributed by atoms with Crippen molar-refractivity contribution in [2.24, 2.45) is 0 Å². The first-order valence-electron chi connectivity index (χ1n) is 25.9. The summed E-state index contributed by atoms with van der Waals surface area (Å²) in [6.07, 6.45) is 2.61. The number of hydrogen-bond donors (Lipinski definition) is 12. The quantitative estimate of drug-likeness (QED) is 0.0280. The number of carbonyl (C=O) groups excluding carboxylic acids is 6. The topological polar surface area (TPSA) is 334 Å². The lowest BCUT2D eigenvalue weighted by atomic mass is 9.85. The Labute approximate surface area is 466 Å². The van der Waals surface area contributed by atoms with Gasteiger partial charge in [-0.15, -0.1) is 0 Å². The summed E-state index contributed by atoms with van der Waals surface area (Å²) in [6, 6.07) is 37.7. The van der Waals surface area contributed by atoms with Crippen LogP contribution in [0.2, 0.25) is 0 Å². The summed E-state index contributed by atoms with van der Waals surface area (Å²) in [5, 5.41) is 47.3. The van der Waals surface area contributed by atoms with Gasteiger partial charge in [-0.3, -0.25) is 43.2 Å². The number of aromatic nitrogens is 3. The van der Waals surface area contributed by atoms with Crippen LogP contribution in [0.5, 0.6) is 0 Å². The number of rotatable bonds is 24. The Morgan fingerprint density at radius 3 is 0.866 bits per heavy atom. The third kappa shape index (κ3) is 14.1. The number of hydrogen-bond acceptors (Lipinski definition) is 9. The number of carboxylic acid groups (broad SMARTS) is 3. The predicted molar refractivity (Wildman–Crippen MR) is 305 cm³/mol. The highest BCUT2D eigenvalue weighted by Crippen LogP contribution is 2.34. The number of para-hydroxylation sites is 3. The van der Waals surface area contributed by atoms with Crippen LogP contribution in [0, 0.1) is 0 Å². The number of H-pyrrole nitrogens is 3. The molecule has 0 saturated heterocycles. The Morgan fingerprint density at radius 1 is 0.354 bits per heavy atom. The summed E-state index contributed by atoms with van der Waals surface area (Å²) in [5.41, 5.74) is 7.26. The number of aliphatic carboxylic acids is 3. The molecule has 0 spiro atoms. The van der Waals surface area contributed by atoms with Gasteiger partial charge in [0.05, 0.1) is 38.5 Å². The molecule has 9 aromatic rings. The van der Waals surface area contributed by atoms with E-state index in [-0.39, 0.29) is 36.3 Å². The van der Waals surface area contributed by atoms with Gasteiger partial charge in [0.2, 0.25) is 35.4 Å². The van der Waals surface area contributed by atoms with E-state index in [4.69, 9.17) is 0 Å². The maximum Gasteiger partial charge on any atom is 0.305 e. The molecule has 6 aromatic carbocycles. The zero-order chi connectivity index (χ0) is 57.9. The second-order valence-corrected chi connectivity index (χ2v) is 19.5. The molecule has 3 atom stereocenters. The molecule has 21 nitrogen and oxygen atoms in total. The van der Waals surface area contributed by atoms with E-state index in [2.05, 4.69) is 46.9 Å². The number of anilines is 3. The SMILES string of the molecule is O=C(O)C[C@H](NC(=O)Cc1c[nH]c2ccccc12)C(=O)Nc1ccc(C(c2ccc(NC(=O)[C@H](CC(=O)O)NC(=O)Cc3c[nH]c4ccccc34)cc2)c2ccc(NC(=O)[C@H](CC(=O)O)NC(=O)Cc3c[nH]c4ccccc34)cc2)cc1. The van der Waals surface area contributed by atoms with Gasteiger partial charge < -0.3 is 62.2 Å². The molecule has 9 rings (SSSR count). The van der Waals surface area contributed by atoms with Crippen LogP contribution in [0.25, 0.3) is 32.7 Å². The number of nitrogens with one attached hydrogen (secondary N) is 9. The molecule has 12 N–H and O–H groups in total. The van der Waals surface area contributed by atoms with Gasteiger partial charge in [-0.2, -0.15) is 0 Å². The van der Waals surface area contributed by atoms with Crippen LogP contribution in [0.3, 0.4) is 0 Å². The zero-order valence-corrected chi connectivity index (χ0v) is 43.7. The van der Waals surface area contributed by atoms with Crippen molar-refractivity contribution >= 4 is 103 Å². The Kier molecular flexibility index (Phi) is 17.3. The zero-order valence-electron chi connectivity index (χ0n) is 43.7. The van der Waals surface area contributed by atoms with E-state index in [0.29, 0.717) is 33.4 Å². The van der Waals surface area contributed by atoms with Crippen molar-refractivity contribution in [2.75, 3.05) is 16.0 Å². The van der Waals surface area contributed by atoms with Gasteiger partial charge in [0.1, 0.15) is 18.1 Å². The van der Waals surface area contributed by atoms with Gasteiger partial charge in [-0.05, 0) is 88.0 Å². The fourth-order valence-electron chi connectivity index (χ4n) is 9.78. The highest BCUT2D eigenvalue weighted by molar-refractivity contribution is 6.02. The average Bonchev–Trinajstić information content (AvgIpc) is 4.20. The van der Waals surface area contributed by atoms with Gasteiger partial charge >= 0.3 is 17.9 Å². The minimum Gasteiger partial charge on any atom is -0.481 e. The minimum absolute atomic E-state index is 0.114. The molecule has 0 saturated carbocycles. The van der Waals surface area contributed by atoms with Gasteiger partial charge in [-0.1, -0.05) is 91.0 Å². The summed E-state index contributed by atoms with van der Waals surface area (Å²) < 4.78 is 0. The van der Waals surface area contributed by atoms with E-state index in [9.17, 15) is 58.5 Å². The largest absolute Gasteiger partial charge is 0.481 e. The first-order chi connectivity index (χ1) is 39.5. The van der Waals surface area contributed by atoms with Crippen molar-refractivity contribution in [1.82, 2.24) is 30.9 Å². The van der Waals surface area contributed by atoms with E-state index >= 15 is 0 Å². The highest BCUT2D eigenvalue weighted by atomic mass is 16.4. The lowest BCUT2D eigenvalue weighted by molar-refractivity contribution is -0.140. The highest BCUT2D eigenvalue weighted by Gasteiger charge is 2.28. The van der Waals surface area contributed by atoms with Crippen molar-refractivity contribution in [2.45, 2.75) is 62.6 Å². The third-order valence-electron chi connectivity index (χ3n) is 13.7. The fraction of sp³-hybridized carbons (Fsp3) is 0.164. The van der Waals surface area contributed by atoms with Crippen molar-refractivity contribution in [1.29, 1.82) is 0 Å². The molecule has 21 heteroatoms. The Morgan fingerprint density at radius 2 is 0.610 bits per heavy atom. The summed E-state index contributed by atoms with van der Waals surface area (Å²) in [6.45, 7) is 0. The molecule has 0 bridgehead atoms. The van der Waals surface area contributed by atoms with Crippen LogP contribution >= 0.6 is 0 Å². The first-order valence-corrected chi connectivity index (χ1v) is 25.9. The van der Waals surface area contributed by atoms with Gasteiger partial charge in [-0.25, -0.2) is 0 Å². The van der Waals surface area contributed by atoms with Crippen molar-refractivity contribution in [3.05, 3.63) is 198 Å². The van der Waals surface area contributed by atoms with Gasteiger partial charge in [0.25, 0.3) is 0 Å². The summed E-state index contributed by atoms with van der Waals surface area (Å²) in [5.74, 6) is -8.51. The van der Waals surface area contributed by atoms with E-state index in [1.807, 2.05) is 72.8 Å². The van der Waals surface area contributed by atoms with E-state index in [0.717, 1.165) is 32.7 Å². The molecular weight excluding hydrogens is 1050 g/mol. The van der Waals surface area contributed by atoms with Gasteiger partial charge in [0, 0.05) is 74.3 Å². The van der Waals surface area contributed by atoms with Gasteiger partial charge in [0.15, 0.2) is 0 Å². The summed E-state index contributed by atoms with van der Waals surface area (Å²) in [7, 11) is 0. The van der Waals surface area contributed by atoms with Crippen molar-refractivity contribution in [3.63, 3.8) is 0 Å². The predicted octanol–water partition coefficient (Wildman–Crippen LogP) is 6.73. The monoisotopic (exact) mass is 1110 g/mol. The number of benzene rings is 6. The maximum atomic E-state index is 13.6. The van der Waals surface area contributed by atoms with E-state index in [1.54, 1.807) is 91.4 Å². The van der Waals surface area contributed by atoms with E-state index in [1.165, 1.54) is 0 Å². The van der Waals surface area contributed by atoms with Crippen LogP contribution in [0.4, 0.5) is 17.1 Å². The molecular formula is C61H55N9O12. The first kappa shape index (κ1) is 55.9. The van der Waals surface area contributed by atoms with Crippen molar-refractivity contribution in [3.8, 4) is 0 Å². The van der Waals surface area contributed by atoms with Crippen molar-refractivity contribution < 1.29 is 58.5 Å². The second-order valence-electron chi connectivity index (χ2n) is 19.5. The van der Waals surface area contributed by atoms with E-state index < -0.39 is 96.7 Å². The second kappa shape index (κ2) is 25.3. The van der Waals surface area contributed by atoms with Crippen LogP contribution < -0.4 is 31.9 Å². The van der Waals surface area contributed by atoms with Crippen LogP contribution in [0.1, 0.15) is 58.6 Å². The smallest absolute Gasteiger partial charge is 0.305 e. The molecule has 416 valence electrons. The van der Waals surface area contributed by atoms with Crippen LogP contribution in [-0.2, 0) is 62.4 Å². The number of carbonyl (C=O) groups is 9. The molecule has 0 radical (unpaired) electrons. The maximum absolute atomic E-state index is 13.6. The van der Waals surface area contributed by atoms with Crippen LogP contribution in [-0.4, -0.2) is 102 Å². The fourth-order valence-corrected chi connectivity index (χ4v) is 9.78. The molecule has 0 unspecified atom stereocenters. The number of aromatic amines is 3. The Hall–Kier alpha value is -10.8. The summed E-state index contributed by atoms with van der Waals surface area (Å²) in [4.78, 5) is 125. The molecule has 82 heavy (non-hydrogen) atoms. The minimum atomic E-state index is -1.43. The Balaban J connectivity index is 0.923. The molecule has 6 amide bonds. The molecule has 0 aliphatic heterocycles.